The Morgan fingerprint density at radius 3 is 2.44 bits per heavy atom. The Balaban J connectivity index is 1.99. The molecule has 8 heteroatoms. The fraction of sp³-hybridized carbons (Fsp3) is 0.368. The molecule has 0 fully saturated rings. The number of nitrogens with one attached hydrogen (secondary N) is 1. The predicted molar refractivity (Wildman–Crippen MR) is 110 cm³/mol. The third kappa shape index (κ3) is 5.31. The number of nitrogens with zero attached hydrogens (tertiary/aromatic N) is 2. The molecule has 0 saturated carbocycles. The van der Waals surface area contributed by atoms with Crippen LogP contribution in [0.4, 0.5) is 5.69 Å². The van der Waals surface area contributed by atoms with E-state index in [1.165, 1.54) is 28.3 Å². The van der Waals surface area contributed by atoms with E-state index in [0.29, 0.717) is 18.1 Å². The van der Waals surface area contributed by atoms with Gasteiger partial charge in [-0.2, -0.15) is 4.31 Å². The monoisotopic (exact) mass is 407 g/mol. The van der Waals surface area contributed by atoms with Crippen LogP contribution >= 0.6 is 11.8 Å². The fourth-order valence-corrected chi connectivity index (χ4v) is 4.58. The first-order valence-electron chi connectivity index (χ1n) is 8.74. The van der Waals surface area contributed by atoms with Crippen molar-refractivity contribution in [1.29, 1.82) is 0 Å². The third-order valence-corrected chi connectivity index (χ3v) is 7.26. The van der Waals surface area contributed by atoms with Crippen molar-refractivity contribution in [3.05, 3.63) is 47.7 Å². The summed E-state index contributed by atoms with van der Waals surface area (Å²) in [5, 5.41) is 3.50. The second-order valence-corrected chi connectivity index (χ2v) is 8.94. The summed E-state index contributed by atoms with van der Waals surface area (Å²) in [6.07, 6.45) is 1.35. The number of carbonyl (C=O) groups is 1. The van der Waals surface area contributed by atoms with Crippen molar-refractivity contribution in [3.8, 4) is 0 Å². The van der Waals surface area contributed by atoms with E-state index in [0.717, 1.165) is 16.8 Å². The maximum atomic E-state index is 12.4. The summed E-state index contributed by atoms with van der Waals surface area (Å²) in [7, 11) is -3.52. The van der Waals surface area contributed by atoms with E-state index in [9.17, 15) is 13.2 Å². The molecule has 1 N–H and O–H groups in total. The zero-order valence-corrected chi connectivity index (χ0v) is 17.7. The number of hydrogen-bond acceptors (Lipinski definition) is 5. The van der Waals surface area contributed by atoms with Gasteiger partial charge in [-0.05, 0) is 43.2 Å². The fourth-order valence-electron chi connectivity index (χ4n) is 2.53. The van der Waals surface area contributed by atoms with Gasteiger partial charge in [0.2, 0.25) is 15.9 Å². The molecule has 0 atom stereocenters. The summed E-state index contributed by atoms with van der Waals surface area (Å²) in [6.45, 7) is 8.38. The van der Waals surface area contributed by atoms with Gasteiger partial charge < -0.3 is 5.32 Å². The first-order valence-corrected chi connectivity index (χ1v) is 11.2. The quantitative estimate of drug-likeness (QED) is 0.678. The van der Waals surface area contributed by atoms with Crippen LogP contribution in [0.25, 0.3) is 0 Å². The highest BCUT2D eigenvalue weighted by atomic mass is 32.2. The molecule has 27 heavy (non-hydrogen) atoms. The highest BCUT2D eigenvalue weighted by molar-refractivity contribution is 7.99. The van der Waals surface area contributed by atoms with E-state index >= 15 is 0 Å². The Morgan fingerprint density at radius 2 is 1.85 bits per heavy atom. The molecular formula is C19H25N3O3S2. The lowest BCUT2D eigenvalue weighted by Gasteiger charge is -2.18. The molecule has 2 rings (SSSR count). The van der Waals surface area contributed by atoms with E-state index in [4.69, 9.17) is 0 Å². The van der Waals surface area contributed by atoms with Gasteiger partial charge in [0.15, 0.2) is 0 Å². The summed E-state index contributed by atoms with van der Waals surface area (Å²) in [5.74, 6) is 0.0676. The van der Waals surface area contributed by atoms with Crippen LogP contribution in [0, 0.1) is 13.8 Å². The molecule has 1 amide bonds. The maximum absolute atomic E-state index is 12.4. The molecule has 0 spiro atoms. The van der Waals surface area contributed by atoms with Gasteiger partial charge in [0.25, 0.3) is 0 Å². The van der Waals surface area contributed by atoms with Crippen LogP contribution in [0.3, 0.4) is 0 Å². The summed E-state index contributed by atoms with van der Waals surface area (Å²) < 4.78 is 26.3. The summed E-state index contributed by atoms with van der Waals surface area (Å²) in [5.41, 5.74) is 2.96. The molecule has 6 nitrogen and oxygen atoms in total. The van der Waals surface area contributed by atoms with Crippen molar-refractivity contribution in [3.63, 3.8) is 0 Å². The minimum Gasteiger partial charge on any atom is -0.325 e. The van der Waals surface area contributed by atoms with E-state index in [1.54, 1.807) is 19.9 Å². The van der Waals surface area contributed by atoms with Gasteiger partial charge in [0.05, 0.1) is 10.8 Å². The van der Waals surface area contributed by atoms with Crippen molar-refractivity contribution in [2.45, 2.75) is 37.6 Å². The summed E-state index contributed by atoms with van der Waals surface area (Å²) in [4.78, 5) is 16.5. The Morgan fingerprint density at radius 1 is 1.15 bits per heavy atom. The number of aryl methyl sites for hydroxylation is 1. The number of benzene rings is 1. The number of pyridine rings is 1. The molecule has 1 aromatic heterocycles. The Labute approximate surface area is 165 Å². The lowest BCUT2D eigenvalue weighted by atomic mass is 10.1. The highest BCUT2D eigenvalue weighted by Crippen LogP contribution is 2.21. The average Bonchev–Trinajstić information content (AvgIpc) is 2.65. The van der Waals surface area contributed by atoms with Crippen molar-refractivity contribution in [2.24, 2.45) is 0 Å². The third-order valence-electron chi connectivity index (χ3n) is 4.28. The normalized spacial score (nSPS) is 11.6. The van der Waals surface area contributed by atoms with Gasteiger partial charge in [-0.15, -0.1) is 0 Å². The number of sulfonamides is 1. The van der Waals surface area contributed by atoms with Crippen molar-refractivity contribution in [2.75, 3.05) is 24.2 Å². The van der Waals surface area contributed by atoms with E-state index in [-0.39, 0.29) is 16.6 Å². The molecule has 0 saturated heterocycles. The van der Waals surface area contributed by atoms with Crippen LogP contribution in [-0.4, -0.2) is 42.5 Å². The smallest absolute Gasteiger partial charge is 0.244 e. The van der Waals surface area contributed by atoms with Gasteiger partial charge in [-0.1, -0.05) is 37.7 Å². The van der Waals surface area contributed by atoms with Crippen LogP contribution < -0.4 is 5.32 Å². The molecule has 2 aromatic rings. The highest BCUT2D eigenvalue weighted by Gasteiger charge is 2.21. The van der Waals surface area contributed by atoms with E-state index in [1.807, 2.05) is 32.0 Å². The van der Waals surface area contributed by atoms with Crippen molar-refractivity contribution < 1.29 is 13.2 Å². The summed E-state index contributed by atoms with van der Waals surface area (Å²) in [6, 6.07) is 8.94. The predicted octanol–water partition coefficient (Wildman–Crippen LogP) is 3.46. The van der Waals surface area contributed by atoms with Crippen LogP contribution in [0.1, 0.15) is 25.0 Å². The minimum absolute atomic E-state index is 0.129. The molecular weight excluding hydrogens is 382 g/mol. The molecule has 0 bridgehead atoms. The molecule has 0 radical (unpaired) electrons. The van der Waals surface area contributed by atoms with Crippen LogP contribution in [0.2, 0.25) is 0 Å². The van der Waals surface area contributed by atoms with Gasteiger partial charge >= 0.3 is 0 Å². The van der Waals surface area contributed by atoms with Gasteiger partial charge in [-0.25, -0.2) is 13.4 Å². The number of amides is 1. The zero-order chi connectivity index (χ0) is 20.0. The van der Waals surface area contributed by atoms with Crippen LogP contribution in [-0.2, 0) is 14.8 Å². The molecule has 0 aliphatic carbocycles. The van der Waals surface area contributed by atoms with Crippen molar-refractivity contribution >= 4 is 33.4 Å². The van der Waals surface area contributed by atoms with Gasteiger partial charge in [0, 0.05) is 25.0 Å². The Hall–Kier alpha value is -1.90. The number of hydrogen-bond donors (Lipinski definition) is 1. The summed E-state index contributed by atoms with van der Waals surface area (Å²) >= 11 is 1.27. The molecule has 0 unspecified atom stereocenters. The average molecular weight is 408 g/mol. The Kier molecular flexibility index (Phi) is 7.41. The Bertz CT molecular complexity index is 893. The van der Waals surface area contributed by atoms with Crippen LogP contribution in [0.15, 0.2) is 46.5 Å². The van der Waals surface area contributed by atoms with Crippen LogP contribution in [0.5, 0.6) is 0 Å². The number of rotatable bonds is 8. The lowest BCUT2D eigenvalue weighted by molar-refractivity contribution is -0.113. The minimum atomic E-state index is -3.52. The first kappa shape index (κ1) is 21.4. The van der Waals surface area contributed by atoms with E-state index in [2.05, 4.69) is 10.3 Å². The zero-order valence-electron chi connectivity index (χ0n) is 16.0. The topological polar surface area (TPSA) is 79.4 Å². The number of thioether (sulfide) groups is 1. The molecule has 0 aliphatic rings. The molecule has 1 aromatic carbocycles. The molecule has 1 heterocycles. The second kappa shape index (κ2) is 9.34. The van der Waals surface area contributed by atoms with Gasteiger partial charge in [0.1, 0.15) is 4.90 Å². The second-order valence-electron chi connectivity index (χ2n) is 6.01. The number of anilines is 1. The lowest BCUT2D eigenvalue weighted by Crippen LogP contribution is -2.30. The standard InChI is InChI=1S/C19H25N3O3S2/c1-5-22(6-2)27(24,25)16-10-11-19(20-12-16)26-13-18(23)21-17-9-7-8-14(3)15(17)4/h7-12H,5-6,13H2,1-4H3,(H,21,23). The first-order chi connectivity index (χ1) is 12.8. The van der Waals surface area contributed by atoms with Crippen molar-refractivity contribution in [1.82, 2.24) is 9.29 Å². The SMILES string of the molecule is CCN(CC)S(=O)(=O)c1ccc(SCC(=O)Nc2cccc(C)c2C)nc1. The molecule has 0 aliphatic heterocycles. The maximum Gasteiger partial charge on any atom is 0.244 e. The number of carbonyl (C=O) groups excluding carboxylic acids is 1. The largest absolute Gasteiger partial charge is 0.325 e. The number of aromatic nitrogens is 1. The van der Waals surface area contributed by atoms with E-state index < -0.39 is 10.0 Å². The van der Waals surface area contributed by atoms with Gasteiger partial charge in [-0.3, -0.25) is 4.79 Å². The molecule has 146 valence electrons.